The molecule has 0 saturated carbocycles. The van der Waals surface area contributed by atoms with E-state index in [1.807, 2.05) is 37.5 Å². The van der Waals surface area contributed by atoms with Crippen molar-refractivity contribution in [1.82, 2.24) is 4.57 Å². The lowest BCUT2D eigenvalue weighted by molar-refractivity contribution is -0.119. The van der Waals surface area contributed by atoms with Gasteiger partial charge in [0, 0.05) is 30.7 Å². The van der Waals surface area contributed by atoms with E-state index < -0.39 is 5.91 Å². The van der Waals surface area contributed by atoms with Gasteiger partial charge in [-0.15, -0.1) is 0 Å². The normalized spacial score (nSPS) is 10.2. The van der Waals surface area contributed by atoms with Crippen LogP contribution in [0.2, 0.25) is 0 Å². The molecule has 2 rings (SSSR count). The molecule has 1 heterocycles. The highest BCUT2D eigenvalue weighted by Gasteiger charge is 2.00. The monoisotopic (exact) mass is 259 g/mol. The van der Waals surface area contributed by atoms with Gasteiger partial charge in [0.25, 0.3) is 5.91 Å². The molecule has 1 amide bonds. The van der Waals surface area contributed by atoms with Gasteiger partial charge in [-0.05, 0) is 24.3 Å². The molecule has 0 radical (unpaired) electrons. The third-order valence-electron chi connectivity index (χ3n) is 2.74. The van der Waals surface area contributed by atoms with Crippen molar-refractivity contribution in [3.05, 3.63) is 48.3 Å². The minimum Gasteiger partial charge on any atom is -0.484 e. The Bertz CT molecular complexity index is 563. The van der Waals surface area contributed by atoms with Crippen LogP contribution in [0.4, 0.5) is 5.69 Å². The van der Waals surface area contributed by atoms with Crippen LogP contribution in [0.5, 0.6) is 5.75 Å². The summed E-state index contributed by atoms with van der Waals surface area (Å²) in [6, 6.07) is 11.5. The molecular formula is C14H17N3O2. The number of aromatic nitrogens is 1. The van der Waals surface area contributed by atoms with Crippen LogP contribution in [0.15, 0.2) is 42.6 Å². The average molecular weight is 259 g/mol. The molecule has 1 aromatic heterocycles. The van der Waals surface area contributed by atoms with Crippen LogP contribution in [0.1, 0.15) is 5.69 Å². The zero-order valence-electron chi connectivity index (χ0n) is 10.8. The first-order chi connectivity index (χ1) is 9.15. The number of anilines is 1. The van der Waals surface area contributed by atoms with Crippen LogP contribution in [-0.4, -0.2) is 17.1 Å². The zero-order valence-corrected chi connectivity index (χ0v) is 10.8. The standard InChI is InChI=1S/C14H17N3O2/c1-17-7-3-5-12(17)9-16-11-4-2-6-13(8-11)19-10-14(15)18/h2-8,16H,9-10H2,1H3,(H2,15,18). The number of amides is 1. The van der Waals surface area contributed by atoms with Crippen LogP contribution >= 0.6 is 0 Å². The van der Waals surface area contributed by atoms with Gasteiger partial charge in [-0.1, -0.05) is 6.07 Å². The predicted octanol–water partition coefficient (Wildman–Crippen LogP) is 1.50. The predicted molar refractivity (Wildman–Crippen MR) is 73.9 cm³/mol. The number of nitrogens with zero attached hydrogens (tertiary/aromatic N) is 1. The number of ether oxygens (including phenoxy) is 1. The van der Waals surface area contributed by atoms with Crippen LogP contribution in [-0.2, 0) is 18.4 Å². The minimum absolute atomic E-state index is 0.110. The molecule has 0 fully saturated rings. The second kappa shape index (κ2) is 5.95. The second-order valence-electron chi connectivity index (χ2n) is 4.25. The number of rotatable bonds is 6. The van der Waals surface area contributed by atoms with Gasteiger partial charge in [0.1, 0.15) is 5.75 Å². The van der Waals surface area contributed by atoms with Crippen LogP contribution in [0.25, 0.3) is 0 Å². The van der Waals surface area contributed by atoms with Crippen LogP contribution < -0.4 is 15.8 Å². The van der Waals surface area contributed by atoms with Crippen molar-refractivity contribution < 1.29 is 9.53 Å². The second-order valence-corrected chi connectivity index (χ2v) is 4.25. The van der Waals surface area contributed by atoms with Crippen molar-refractivity contribution in [1.29, 1.82) is 0 Å². The number of hydrogen-bond donors (Lipinski definition) is 2. The fourth-order valence-electron chi connectivity index (χ4n) is 1.72. The summed E-state index contributed by atoms with van der Waals surface area (Å²) >= 11 is 0. The molecule has 3 N–H and O–H groups in total. The van der Waals surface area contributed by atoms with Gasteiger partial charge in [-0.25, -0.2) is 0 Å². The number of primary amides is 1. The molecule has 5 heteroatoms. The highest BCUT2D eigenvalue weighted by atomic mass is 16.5. The Morgan fingerprint density at radius 1 is 1.37 bits per heavy atom. The molecule has 0 unspecified atom stereocenters. The maximum atomic E-state index is 10.7. The van der Waals surface area contributed by atoms with E-state index in [9.17, 15) is 4.79 Å². The molecule has 0 aliphatic rings. The first-order valence-electron chi connectivity index (χ1n) is 6.00. The lowest BCUT2D eigenvalue weighted by atomic mass is 10.3. The van der Waals surface area contributed by atoms with Gasteiger partial charge < -0.3 is 20.4 Å². The number of benzene rings is 1. The maximum Gasteiger partial charge on any atom is 0.255 e. The Hall–Kier alpha value is -2.43. The molecule has 5 nitrogen and oxygen atoms in total. The van der Waals surface area contributed by atoms with E-state index in [1.54, 1.807) is 6.07 Å². The molecule has 0 aliphatic heterocycles. The van der Waals surface area contributed by atoms with E-state index in [4.69, 9.17) is 10.5 Å². The number of carbonyl (C=O) groups is 1. The van der Waals surface area contributed by atoms with Crippen molar-refractivity contribution in [3.63, 3.8) is 0 Å². The van der Waals surface area contributed by atoms with Gasteiger partial charge in [0.15, 0.2) is 6.61 Å². The summed E-state index contributed by atoms with van der Waals surface area (Å²) in [5.74, 6) is 0.137. The third kappa shape index (κ3) is 3.77. The van der Waals surface area contributed by atoms with Gasteiger partial charge >= 0.3 is 0 Å². The summed E-state index contributed by atoms with van der Waals surface area (Å²) in [4.78, 5) is 10.7. The SMILES string of the molecule is Cn1cccc1CNc1cccc(OCC(N)=O)c1. The fraction of sp³-hybridized carbons (Fsp3) is 0.214. The summed E-state index contributed by atoms with van der Waals surface area (Å²) < 4.78 is 7.31. The highest BCUT2D eigenvalue weighted by Crippen LogP contribution is 2.18. The van der Waals surface area contributed by atoms with E-state index in [1.165, 1.54) is 5.69 Å². The molecule has 1 aromatic carbocycles. The zero-order chi connectivity index (χ0) is 13.7. The van der Waals surface area contributed by atoms with Crippen molar-refractivity contribution in [2.45, 2.75) is 6.54 Å². The molecule has 100 valence electrons. The van der Waals surface area contributed by atoms with Crippen molar-refractivity contribution in [3.8, 4) is 5.75 Å². The summed E-state index contributed by atoms with van der Waals surface area (Å²) in [5, 5.41) is 3.30. The first-order valence-corrected chi connectivity index (χ1v) is 6.00. The Morgan fingerprint density at radius 2 is 2.21 bits per heavy atom. The molecule has 19 heavy (non-hydrogen) atoms. The van der Waals surface area contributed by atoms with Crippen molar-refractivity contribution in [2.24, 2.45) is 12.8 Å². The molecule has 0 aliphatic carbocycles. The summed E-state index contributed by atoms with van der Waals surface area (Å²) in [7, 11) is 2.00. The van der Waals surface area contributed by atoms with Crippen LogP contribution in [0, 0.1) is 0 Å². The number of carbonyl (C=O) groups excluding carboxylic acids is 1. The third-order valence-corrected chi connectivity index (χ3v) is 2.74. The van der Waals surface area contributed by atoms with Crippen molar-refractivity contribution >= 4 is 11.6 Å². The van der Waals surface area contributed by atoms with Gasteiger partial charge in [0.2, 0.25) is 0 Å². The topological polar surface area (TPSA) is 69.3 Å². The lowest BCUT2D eigenvalue weighted by Crippen LogP contribution is -2.20. The number of hydrogen-bond acceptors (Lipinski definition) is 3. The van der Waals surface area contributed by atoms with E-state index in [0.29, 0.717) is 5.75 Å². The summed E-state index contributed by atoms with van der Waals surface area (Å²) in [6.45, 7) is 0.615. The molecule has 0 saturated heterocycles. The summed E-state index contributed by atoms with van der Waals surface area (Å²) in [6.07, 6.45) is 2.00. The van der Waals surface area contributed by atoms with Gasteiger partial charge in [-0.3, -0.25) is 4.79 Å². The quantitative estimate of drug-likeness (QED) is 0.826. The highest BCUT2D eigenvalue weighted by molar-refractivity contribution is 5.75. The van der Waals surface area contributed by atoms with E-state index in [-0.39, 0.29) is 6.61 Å². The summed E-state index contributed by atoms with van der Waals surface area (Å²) in [5.41, 5.74) is 7.15. The number of nitrogens with two attached hydrogens (primary N) is 1. The Labute approximate surface area is 112 Å². The van der Waals surface area contributed by atoms with Gasteiger partial charge in [0.05, 0.1) is 6.54 Å². The first kappa shape index (κ1) is 13.0. The minimum atomic E-state index is -0.484. The fourth-order valence-corrected chi connectivity index (χ4v) is 1.72. The largest absolute Gasteiger partial charge is 0.484 e. The smallest absolute Gasteiger partial charge is 0.255 e. The van der Waals surface area contributed by atoms with Gasteiger partial charge in [-0.2, -0.15) is 0 Å². The number of aryl methyl sites for hydroxylation is 1. The molecular weight excluding hydrogens is 242 g/mol. The Kier molecular flexibility index (Phi) is 4.07. The maximum absolute atomic E-state index is 10.7. The average Bonchev–Trinajstić information content (AvgIpc) is 2.80. The van der Waals surface area contributed by atoms with E-state index in [0.717, 1.165) is 12.2 Å². The van der Waals surface area contributed by atoms with E-state index in [2.05, 4.69) is 16.0 Å². The number of nitrogens with one attached hydrogen (secondary N) is 1. The Balaban J connectivity index is 1.95. The molecule has 2 aromatic rings. The Morgan fingerprint density at radius 3 is 2.89 bits per heavy atom. The molecule has 0 bridgehead atoms. The molecule has 0 spiro atoms. The van der Waals surface area contributed by atoms with Crippen molar-refractivity contribution in [2.75, 3.05) is 11.9 Å². The molecule has 0 atom stereocenters. The lowest BCUT2D eigenvalue weighted by Gasteiger charge is -2.09. The van der Waals surface area contributed by atoms with E-state index >= 15 is 0 Å². The van der Waals surface area contributed by atoms with Crippen LogP contribution in [0.3, 0.4) is 0 Å².